The second-order valence-electron chi connectivity index (χ2n) is 5.87. The largest absolute Gasteiger partial charge is 0.492 e. The lowest BCUT2D eigenvalue weighted by molar-refractivity contribution is -0.139. The van der Waals surface area contributed by atoms with Crippen molar-refractivity contribution in [3.63, 3.8) is 0 Å². The van der Waals surface area contributed by atoms with Gasteiger partial charge in [-0.2, -0.15) is 0 Å². The maximum Gasteiger partial charge on any atom is 0.338 e. The van der Waals surface area contributed by atoms with Crippen molar-refractivity contribution in [2.75, 3.05) is 13.2 Å². The highest BCUT2D eigenvalue weighted by molar-refractivity contribution is 6.32. The van der Waals surface area contributed by atoms with Gasteiger partial charge in [0.05, 0.1) is 29.9 Å². The summed E-state index contributed by atoms with van der Waals surface area (Å²) in [4.78, 5) is 24.7. The number of esters is 1. The molecule has 26 heavy (non-hydrogen) atoms. The molecule has 1 aromatic rings. The van der Waals surface area contributed by atoms with E-state index in [1.165, 1.54) is 0 Å². The number of urea groups is 1. The number of hydrogen-bond acceptors (Lipinski definition) is 4. The number of carbonyl (C=O) groups is 2. The Kier molecular flexibility index (Phi) is 7.33. The van der Waals surface area contributed by atoms with Gasteiger partial charge in [0.25, 0.3) is 0 Å². The number of hydrogen-bond donors (Lipinski definition) is 2. The number of benzene rings is 1. The Morgan fingerprint density at radius 2 is 2.00 bits per heavy atom. The summed E-state index contributed by atoms with van der Waals surface area (Å²) < 4.78 is 10.7. The lowest BCUT2D eigenvalue weighted by Crippen LogP contribution is -2.46. The molecule has 1 aliphatic rings. The molecule has 0 saturated heterocycles. The number of amides is 2. The Hall–Kier alpha value is -2.21. The number of ether oxygens (including phenoxy) is 2. The highest BCUT2D eigenvalue weighted by atomic mass is 35.5. The van der Waals surface area contributed by atoms with Gasteiger partial charge in [0.15, 0.2) is 0 Å². The van der Waals surface area contributed by atoms with Crippen molar-refractivity contribution in [1.82, 2.24) is 10.6 Å². The average molecular weight is 381 g/mol. The molecule has 0 aliphatic carbocycles. The van der Waals surface area contributed by atoms with Gasteiger partial charge in [0.2, 0.25) is 0 Å². The fourth-order valence-electron chi connectivity index (χ4n) is 2.84. The molecule has 142 valence electrons. The molecule has 0 fully saturated rings. The molecule has 7 heteroatoms. The topological polar surface area (TPSA) is 76.7 Å². The van der Waals surface area contributed by atoms with E-state index in [0.29, 0.717) is 40.6 Å². The van der Waals surface area contributed by atoms with Crippen molar-refractivity contribution in [1.29, 1.82) is 0 Å². The fourth-order valence-corrected chi connectivity index (χ4v) is 3.08. The molecule has 0 saturated carbocycles. The molecule has 0 aromatic heterocycles. The third-order valence-electron chi connectivity index (χ3n) is 4.02. The van der Waals surface area contributed by atoms with E-state index in [1.807, 2.05) is 6.92 Å². The van der Waals surface area contributed by atoms with E-state index < -0.39 is 12.0 Å². The monoisotopic (exact) mass is 380 g/mol. The minimum atomic E-state index is -0.622. The van der Waals surface area contributed by atoms with Crippen LogP contribution in [0, 0.1) is 0 Å². The number of nitrogens with one attached hydrogen (secondary N) is 2. The minimum Gasteiger partial charge on any atom is -0.492 e. The smallest absolute Gasteiger partial charge is 0.338 e. The Labute approximate surface area is 158 Å². The highest BCUT2D eigenvalue weighted by Crippen LogP contribution is 2.34. The van der Waals surface area contributed by atoms with Crippen LogP contribution in [0.4, 0.5) is 4.79 Å². The quantitative estimate of drug-likeness (QED) is 0.665. The van der Waals surface area contributed by atoms with E-state index in [4.69, 9.17) is 21.1 Å². The molecule has 1 unspecified atom stereocenters. The van der Waals surface area contributed by atoms with Gasteiger partial charge in [0.1, 0.15) is 5.75 Å². The molecule has 1 aromatic carbocycles. The van der Waals surface area contributed by atoms with Gasteiger partial charge in [-0.25, -0.2) is 9.59 Å². The third kappa shape index (κ3) is 4.69. The highest BCUT2D eigenvalue weighted by Gasteiger charge is 2.33. The number of rotatable bonds is 8. The van der Waals surface area contributed by atoms with Crippen molar-refractivity contribution in [2.24, 2.45) is 0 Å². The lowest BCUT2D eigenvalue weighted by Gasteiger charge is -2.29. The van der Waals surface area contributed by atoms with E-state index in [9.17, 15) is 9.59 Å². The van der Waals surface area contributed by atoms with Crippen molar-refractivity contribution in [3.8, 4) is 5.75 Å². The average Bonchev–Trinajstić information content (AvgIpc) is 2.61. The molecule has 2 amide bonds. The molecule has 0 bridgehead atoms. The van der Waals surface area contributed by atoms with E-state index in [-0.39, 0.29) is 12.6 Å². The SMILES string of the molecule is CCCCC1=C(C(=O)OCC)C(c2ccc(OCC)c(Cl)c2)NC(=O)N1. The Morgan fingerprint density at radius 3 is 2.62 bits per heavy atom. The second kappa shape index (κ2) is 9.48. The zero-order valence-corrected chi connectivity index (χ0v) is 16.1. The van der Waals surface area contributed by atoms with Crippen LogP contribution in [0.5, 0.6) is 5.75 Å². The first-order valence-corrected chi connectivity index (χ1v) is 9.29. The van der Waals surface area contributed by atoms with Gasteiger partial charge in [-0.15, -0.1) is 0 Å². The van der Waals surface area contributed by atoms with E-state index in [1.54, 1.807) is 25.1 Å². The lowest BCUT2D eigenvalue weighted by atomic mass is 9.93. The Bertz CT molecular complexity index is 703. The van der Waals surface area contributed by atoms with Crippen LogP contribution in [-0.4, -0.2) is 25.2 Å². The summed E-state index contributed by atoms with van der Waals surface area (Å²) in [5, 5.41) is 5.98. The number of carbonyl (C=O) groups excluding carboxylic acids is 2. The van der Waals surface area contributed by atoms with Crippen molar-refractivity contribution >= 4 is 23.6 Å². The van der Waals surface area contributed by atoms with E-state index in [2.05, 4.69) is 17.6 Å². The van der Waals surface area contributed by atoms with Gasteiger partial charge < -0.3 is 20.1 Å². The Balaban J connectivity index is 2.46. The summed E-state index contributed by atoms with van der Waals surface area (Å²) in [6, 6.07) is 4.27. The number of halogens is 1. The van der Waals surface area contributed by atoms with Gasteiger partial charge in [-0.1, -0.05) is 31.0 Å². The molecule has 2 rings (SSSR count). The fraction of sp³-hybridized carbons (Fsp3) is 0.474. The molecule has 1 aliphatic heterocycles. The molecule has 0 radical (unpaired) electrons. The van der Waals surface area contributed by atoms with Crippen LogP contribution in [0.3, 0.4) is 0 Å². The molecule has 1 atom stereocenters. The normalized spacial score (nSPS) is 16.8. The molecule has 1 heterocycles. The van der Waals surface area contributed by atoms with Crippen LogP contribution in [0.15, 0.2) is 29.5 Å². The second-order valence-corrected chi connectivity index (χ2v) is 6.28. The van der Waals surface area contributed by atoms with Crippen LogP contribution in [-0.2, 0) is 9.53 Å². The van der Waals surface area contributed by atoms with Crippen molar-refractivity contribution in [2.45, 2.75) is 46.1 Å². The first-order valence-electron chi connectivity index (χ1n) is 8.91. The summed E-state index contributed by atoms with van der Waals surface area (Å²) in [7, 11) is 0. The predicted octanol–water partition coefficient (Wildman–Crippen LogP) is 4.10. The van der Waals surface area contributed by atoms with Gasteiger partial charge >= 0.3 is 12.0 Å². The molecule has 2 N–H and O–H groups in total. The van der Waals surface area contributed by atoms with Crippen LogP contribution in [0.1, 0.15) is 51.6 Å². The van der Waals surface area contributed by atoms with E-state index >= 15 is 0 Å². The molecule has 6 nitrogen and oxygen atoms in total. The van der Waals surface area contributed by atoms with Gasteiger partial charge in [-0.05, 0) is 44.4 Å². The van der Waals surface area contributed by atoms with Gasteiger partial charge in [0, 0.05) is 5.70 Å². The summed E-state index contributed by atoms with van der Waals surface area (Å²) in [6.45, 7) is 6.43. The number of allylic oxidation sites excluding steroid dienone is 1. The van der Waals surface area contributed by atoms with Crippen LogP contribution in [0.2, 0.25) is 5.02 Å². The number of unbranched alkanes of at least 4 members (excludes halogenated alkanes) is 1. The van der Waals surface area contributed by atoms with Gasteiger partial charge in [-0.3, -0.25) is 0 Å². The maximum atomic E-state index is 12.6. The van der Waals surface area contributed by atoms with Crippen molar-refractivity contribution in [3.05, 3.63) is 40.1 Å². The summed E-state index contributed by atoms with van der Waals surface area (Å²) >= 11 is 6.29. The van der Waals surface area contributed by atoms with E-state index in [0.717, 1.165) is 12.8 Å². The summed E-state index contributed by atoms with van der Waals surface area (Å²) in [5.41, 5.74) is 1.72. The van der Waals surface area contributed by atoms with Crippen LogP contribution < -0.4 is 15.4 Å². The zero-order valence-electron chi connectivity index (χ0n) is 15.4. The molecular formula is C19H25ClN2O4. The maximum absolute atomic E-state index is 12.6. The molecular weight excluding hydrogens is 356 g/mol. The summed E-state index contributed by atoms with van der Waals surface area (Å²) in [6.07, 6.45) is 2.40. The van der Waals surface area contributed by atoms with Crippen LogP contribution >= 0.6 is 11.6 Å². The minimum absolute atomic E-state index is 0.258. The first-order chi connectivity index (χ1) is 12.5. The predicted molar refractivity (Wildman–Crippen MR) is 100 cm³/mol. The third-order valence-corrected chi connectivity index (χ3v) is 4.31. The Morgan fingerprint density at radius 1 is 1.23 bits per heavy atom. The summed E-state index contributed by atoms with van der Waals surface area (Å²) in [5.74, 6) is 0.118. The molecule has 0 spiro atoms. The van der Waals surface area contributed by atoms with Crippen molar-refractivity contribution < 1.29 is 19.1 Å². The van der Waals surface area contributed by atoms with Crippen LogP contribution in [0.25, 0.3) is 0 Å². The standard InChI is InChI=1S/C19H25ClN2O4/c1-4-7-8-14-16(18(23)26-6-3)17(22-19(24)21-14)12-9-10-15(25-5-2)13(20)11-12/h9-11,17H,4-8H2,1-3H3,(H2,21,22,24). The zero-order chi connectivity index (χ0) is 19.1. The first kappa shape index (κ1) is 20.1.